The quantitative estimate of drug-likeness (QED) is 0.910. The first kappa shape index (κ1) is 14.0. The van der Waals surface area contributed by atoms with Crippen LogP contribution in [0, 0.1) is 0 Å². The van der Waals surface area contributed by atoms with E-state index in [1.165, 1.54) is 5.56 Å². The number of ether oxygens (including phenoxy) is 1. The van der Waals surface area contributed by atoms with E-state index in [9.17, 15) is 0 Å². The Morgan fingerprint density at radius 2 is 1.86 bits per heavy atom. The monoisotopic (exact) mass is 299 g/mol. The smallest absolute Gasteiger partial charge is 0.173 e. The zero-order chi connectivity index (χ0) is 14.5. The highest BCUT2D eigenvalue weighted by atomic mass is 32.2. The fourth-order valence-electron chi connectivity index (χ4n) is 2.06. The minimum atomic E-state index is -0.0471. The molecule has 0 spiro atoms. The van der Waals surface area contributed by atoms with Gasteiger partial charge in [0.1, 0.15) is 11.9 Å². The van der Waals surface area contributed by atoms with Gasteiger partial charge in [-0.2, -0.15) is 0 Å². The van der Waals surface area contributed by atoms with Crippen LogP contribution in [0.15, 0.2) is 59.6 Å². The predicted octanol–water partition coefficient (Wildman–Crippen LogP) is 3.09. The topological polar surface area (TPSA) is 45.6 Å². The summed E-state index contributed by atoms with van der Waals surface area (Å²) in [6, 6.07) is 18.3. The normalized spacial score (nSPS) is 17.2. The van der Waals surface area contributed by atoms with E-state index in [-0.39, 0.29) is 6.17 Å². The molecular formula is C16H17N3OS. The third-order valence-corrected chi connectivity index (χ3v) is 4.17. The lowest BCUT2D eigenvalue weighted by molar-refractivity contribution is 0.414. The number of nitrogens with zero attached hydrogens (tertiary/aromatic N) is 1. The molecule has 1 heterocycles. The van der Waals surface area contributed by atoms with Gasteiger partial charge in [0.2, 0.25) is 0 Å². The van der Waals surface area contributed by atoms with Crippen molar-refractivity contribution in [3.05, 3.63) is 65.7 Å². The van der Waals surface area contributed by atoms with Crippen molar-refractivity contribution in [2.45, 2.75) is 11.9 Å². The summed E-state index contributed by atoms with van der Waals surface area (Å²) in [4.78, 5) is 4.65. The van der Waals surface area contributed by atoms with Gasteiger partial charge in [-0.05, 0) is 23.3 Å². The fourth-order valence-corrected chi connectivity index (χ4v) is 2.86. The molecule has 1 atom stereocenters. The molecule has 0 amide bonds. The van der Waals surface area contributed by atoms with E-state index in [4.69, 9.17) is 4.74 Å². The van der Waals surface area contributed by atoms with Crippen molar-refractivity contribution in [2.75, 3.05) is 7.11 Å². The van der Waals surface area contributed by atoms with Crippen LogP contribution in [0.2, 0.25) is 0 Å². The van der Waals surface area contributed by atoms with Crippen LogP contribution in [-0.4, -0.2) is 12.3 Å². The molecule has 2 aromatic rings. The Labute approximate surface area is 128 Å². The van der Waals surface area contributed by atoms with Gasteiger partial charge in [-0.1, -0.05) is 54.2 Å². The number of thioether (sulfide) groups is 1. The van der Waals surface area contributed by atoms with Gasteiger partial charge in [0.05, 0.1) is 7.11 Å². The number of aliphatic imine (C=N–C) groups is 1. The first-order valence-electron chi connectivity index (χ1n) is 6.75. The van der Waals surface area contributed by atoms with Gasteiger partial charge in [0, 0.05) is 5.75 Å². The minimum Gasteiger partial charge on any atom is -0.497 e. The summed E-state index contributed by atoms with van der Waals surface area (Å²) in [7, 11) is 1.67. The van der Waals surface area contributed by atoms with Gasteiger partial charge in [-0.15, -0.1) is 0 Å². The third kappa shape index (κ3) is 3.56. The maximum Gasteiger partial charge on any atom is 0.173 e. The molecule has 1 unspecified atom stereocenters. The Morgan fingerprint density at radius 3 is 2.57 bits per heavy atom. The average Bonchev–Trinajstić information content (AvgIpc) is 3.03. The molecule has 0 saturated heterocycles. The van der Waals surface area contributed by atoms with Crippen LogP contribution in [0.1, 0.15) is 17.3 Å². The van der Waals surface area contributed by atoms with Crippen LogP contribution in [0.25, 0.3) is 0 Å². The lowest BCUT2D eigenvalue weighted by Crippen LogP contribution is -2.29. The molecule has 2 N–H and O–H groups in total. The Kier molecular flexibility index (Phi) is 4.43. The Hall–Kier alpha value is -1.98. The summed E-state index contributed by atoms with van der Waals surface area (Å²) in [5.41, 5.74) is 8.72. The molecule has 0 fully saturated rings. The predicted molar refractivity (Wildman–Crippen MR) is 87.2 cm³/mol. The van der Waals surface area contributed by atoms with Crippen molar-refractivity contribution in [1.29, 1.82) is 0 Å². The van der Waals surface area contributed by atoms with Crippen LogP contribution in [0.4, 0.5) is 0 Å². The number of hydrazine groups is 1. The van der Waals surface area contributed by atoms with Gasteiger partial charge in [-0.3, -0.25) is 5.43 Å². The van der Waals surface area contributed by atoms with E-state index < -0.39 is 0 Å². The highest BCUT2D eigenvalue weighted by Crippen LogP contribution is 2.23. The Balaban J connectivity index is 1.61. The number of hydrogen-bond acceptors (Lipinski definition) is 5. The molecular weight excluding hydrogens is 282 g/mol. The van der Waals surface area contributed by atoms with E-state index in [1.54, 1.807) is 18.9 Å². The standard InChI is InChI=1S/C16H17N3OS/c1-20-14-9-7-13(8-10-14)15-17-16(19-18-15)21-11-12-5-3-2-4-6-12/h2-10,15,18H,11H2,1H3,(H,17,19). The molecule has 21 heavy (non-hydrogen) atoms. The van der Waals surface area contributed by atoms with Crippen LogP contribution < -0.4 is 15.6 Å². The lowest BCUT2D eigenvalue weighted by atomic mass is 10.2. The molecule has 2 aromatic carbocycles. The van der Waals surface area contributed by atoms with Crippen molar-refractivity contribution in [1.82, 2.24) is 10.9 Å². The SMILES string of the molecule is COc1ccc(C2N=C(SCc3ccccc3)NN2)cc1. The number of nitrogens with one attached hydrogen (secondary N) is 2. The molecule has 108 valence electrons. The van der Waals surface area contributed by atoms with Crippen LogP contribution in [0.5, 0.6) is 5.75 Å². The minimum absolute atomic E-state index is 0.0471. The molecule has 0 aliphatic carbocycles. The van der Waals surface area contributed by atoms with E-state index in [0.717, 1.165) is 22.2 Å². The van der Waals surface area contributed by atoms with Crippen molar-refractivity contribution >= 4 is 16.9 Å². The highest BCUT2D eigenvalue weighted by Gasteiger charge is 2.18. The van der Waals surface area contributed by atoms with Crippen molar-refractivity contribution in [3.63, 3.8) is 0 Å². The van der Waals surface area contributed by atoms with Crippen LogP contribution in [-0.2, 0) is 5.75 Å². The Morgan fingerprint density at radius 1 is 1.10 bits per heavy atom. The first-order chi connectivity index (χ1) is 10.3. The van der Waals surface area contributed by atoms with Crippen LogP contribution in [0.3, 0.4) is 0 Å². The molecule has 1 aliphatic heterocycles. The highest BCUT2D eigenvalue weighted by molar-refractivity contribution is 8.13. The summed E-state index contributed by atoms with van der Waals surface area (Å²) in [6.45, 7) is 0. The van der Waals surface area contributed by atoms with Gasteiger partial charge >= 0.3 is 0 Å². The summed E-state index contributed by atoms with van der Waals surface area (Å²) in [6.07, 6.45) is -0.0471. The van der Waals surface area contributed by atoms with Crippen molar-refractivity contribution < 1.29 is 4.74 Å². The Bertz CT molecular complexity index is 613. The summed E-state index contributed by atoms with van der Waals surface area (Å²) in [5.74, 6) is 1.76. The van der Waals surface area contributed by atoms with Gasteiger partial charge in [-0.25, -0.2) is 10.4 Å². The van der Waals surface area contributed by atoms with Gasteiger partial charge in [0.25, 0.3) is 0 Å². The molecule has 0 radical (unpaired) electrons. The van der Waals surface area contributed by atoms with Crippen molar-refractivity contribution in [3.8, 4) is 5.75 Å². The second-order valence-electron chi connectivity index (χ2n) is 4.65. The molecule has 0 aromatic heterocycles. The maximum atomic E-state index is 5.16. The molecule has 5 heteroatoms. The van der Waals surface area contributed by atoms with Crippen molar-refractivity contribution in [2.24, 2.45) is 4.99 Å². The fraction of sp³-hybridized carbons (Fsp3) is 0.188. The lowest BCUT2D eigenvalue weighted by Gasteiger charge is -2.08. The summed E-state index contributed by atoms with van der Waals surface area (Å²) < 4.78 is 5.16. The maximum absolute atomic E-state index is 5.16. The number of benzene rings is 2. The zero-order valence-corrected chi connectivity index (χ0v) is 12.6. The zero-order valence-electron chi connectivity index (χ0n) is 11.7. The van der Waals surface area contributed by atoms with Gasteiger partial charge < -0.3 is 4.74 Å². The van der Waals surface area contributed by atoms with Gasteiger partial charge in [0.15, 0.2) is 5.17 Å². The van der Waals surface area contributed by atoms with E-state index in [2.05, 4.69) is 40.1 Å². The van der Waals surface area contributed by atoms with E-state index >= 15 is 0 Å². The summed E-state index contributed by atoms with van der Waals surface area (Å²) in [5, 5.41) is 0.916. The average molecular weight is 299 g/mol. The molecule has 0 bridgehead atoms. The molecule has 4 nitrogen and oxygen atoms in total. The second-order valence-corrected chi connectivity index (χ2v) is 5.62. The number of rotatable bonds is 4. The van der Waals surface area contributed by atoms with Crippen LogP contribution >= 0.6 is 11.8 Å². The molecule has 1 aliphatic rings. The number of hydrogen-bond donors (Lipinski definition) is 2. The number of methoxy groups -OCH3 is 1. The van der Waals surface area contributed by atoms with E-state index in [1.807, 2.05) is 30.3 Å². The largest absolute Gasteiger partial charge is 0.497 e. The molecule has 0 saturated carbocycles. The first-order valence-corrected chi connectivity index (χ1v) is 7.74. The second kappa shape index (κ2) is 6.65. The summed E-state index contributed by atoms with van der Waals surface area (Å²) >= 11 is 1.69. The number of amidine groups is 1. The third-order valence-electron chi connectivity index (χ3n) is 3.21. The molecule has 3 rings (SSSR count). The van der Waals surface area contributed by atoms with E-state index in [0.29, 0.717) is 0 Å².